The Bertz CT molecular complexity index is 1180. The molecule has 2 aromatic heterocycles. The molecule has 7 nitrogen and oxygen atoms in total. The van der Waals surface area contributed by atoms with Gasteiger partial charge in [-0.3, -0.25) is 10.1 Å². The van der Waals surface area contributed by atoms with Gasteiger partial charge in [-0.05, 0) is 66.1 Å². The Morgan fingerprint density at radius 1 is 1.17 bits per heavy atom. The fraction of sp³-hybridized carbons (Fsp3) is 0.227. The van der Waals surface area contributed by atoms with Crippen molar-refractivity contribution in [3.63, 3.8) is 0 Å². The molecule has 1 amide bonds. The van der Waals surface area contributed by atoms with Crippen LogP contribution in [0.25, 0.3) is 22.2 Å². The van der Waals surface area contributed by atoms with Crippen LogP contribution in [0, 0.1) is 12.7 Å². The van der Waals surface area contributed by atoms with Gasteiger partial charge in [0.1, 0.15) is 17.1 Å². The normalized spacial score (nSPS) is 11.0. The molecule has 8 heteroatoms. The number of furan rings is 1. The predicted molar refractivity (Wildman–Crippen MR) is 109 cm³/mol. The van der Waals surface area contributed by atoms with E-state index in [1.807, 2.05) is 24.3 Å². The zero-order valence-electron chi connectivity index (χ0n) is 16.6. The number of aryl methyl sites for hydroxylation is 1. The van der Waals surface area contributed by atoms with E-state index in [1.165, 1.54) is 18.2 Å². The number of fused-ring (bicyclic) bond motifs is 1. The summed E-state index contributed by atoms with van der Waals surface area (Å²) in [6.07, 6.45) is 2.05. The zero-order valence-corrected chi connectivity index (χ0v) is 16.6. The number of nitrogens with zero attached hydrogens (tertiary/aromatic N) is 2. The summed E-state index contributed by atoms with van der Waals surface area (Å²) >= 11 is 0. The van der Waals surface area contributed by atoms with Crippen molar-refractivity contribution in [1.29, 1.82) is 0 Å². The van der Waals surface area contributed by atoms with Crippen LogP contribution in [0.4, 0.5) is 10.2 Å². The Morgan fingerprint density at radius 2 is 1.97 bits per heavy atom. The Labute approximate surface area is 171 Å². The highest BCUT2D eigenvalue weighted by Crippen LogP contribution is 2.29. The van der Waals surface area contributed by atoms with E-state index >= 15 is 0 Å². The molecular weight excluding hydrogens is 389 g/mol. The number of halogens is 1. The van der Waals surface area contributed by atoms with Crippen LogP contribution in [0.3, 0.4) is 0 Å². The second kappa shape index (κ2) is 8.36. The van der Waals surface area contributed by atoms with Crippen LogP contribution in [0.15, 0.2) is 51.5 Å². The molecule has 0 fully saturated rings. The number of hydrogen-bond acceptors (Lipinski definition) is 6. The van der Waals surface area contributed by atoms with Gasteiger partial charge in [0.2, 0.25) is 5.82 Å². The molecule has 0 saturated heterocycles. The molecular formula is C22H20FN3O4. The van der Waals surface area contributed by atoms with Crippen LogP contribution in [-0.4, -0.2) is 22.8 Å². The van der Waals surface area contributed by atoms with Crippen molar-refractivity contribution in [3.8, 4) is 17.0 Å². The number of carbonyl (C=O) groups excluding carboxylic acids is 1. The van der Waals surface area contributed by atoms with Gasteiger partial charge in [0.05, 0.1) is 6.61 Å². The summed E-state index contributed by atoms with van der Waals surface area (Å²) in [7, 11) is 0. The first-order valence-electron chi connectivity index (χ1n) is 9.62. The highest BCUT2D eigenvalue weighted by molar-refractivity contribution is 6.07. The lowest BCUT2D eigenvalue weighted by Gasteiger charge is -2.06. The Balaban J connectivity index is 1.54. The van der Waals surface area contributed by atoms with Gasteiger partial charge in [0.25, 0.3) is 5.91 Å². The summed E-state index contributed by atoms with van der Waals surface area (Å²) in [6.45, 7) is 4.45. The summed E-state index contributed by atoms with van der Waals surface area (Å²) in [5, 5.41) is 10.9. The van der Waals surface area contributed by atoms with Crippen molar-refractivity contribution in [2.24, 2.45) is 0 Å². The number of amides is 1. The van der Waals surface area contributed by atoms with Gasteiger partial charge >= 0.3 is 0 Å². The number of anilines is 1. The molecule has 2 heterocycles. The summed E-state index contributed by atoms with van der Waals surface area (Å²) < 4.78 is 29.6. The van der Waals surface area contributed by atoms with Gasteiger partial charge in [0.15, 0.2) is 11.5 Å². The smallest absolute Gasteiger partial charge is 0.292 e. The molecule has 0 atom stereocenters. The molecule has 4 aromatic rings. The van der Waals surface area contributed by atoms with E-state index in [2.05, 4.69) is 22.6 Å². The number of aromatic nitrogens is 2. The zero-order chi connectivity index (χ0) is 21.1. The molecule has 0 spiro atoms. The van der Waals surface area contributed by atoms with E-state index in [-0.39, 0.29) is 11.6 Å². The number of rotatable bonds is 7. The number of ether oxygens (including phenoxy) is 1. The Hall–Kier alpha value is -3.68. The average Bonchev–Trinajstić information content (AvgIpc) is 3.33. The van der Waals surface area contributed by atoms with Crippen molar-refractivity contribution < 1.29 is 23.0 Å². The topological polar surface area (TPSA) is 90.4 Å². The van der Waals surface area contributed by atoms with Gasteiger partial charge in [-0.2, -0.15) is 0 Å². The van der Waals surface area contributed by atoms with E-state index in [1.54, 1.807) is 6.92 Å². The van der Waals surface area contributed by atoms with Crippen molar-refractivity contribution in [3.05, 3.63) is 59.6 Å². The summed E-state index contributed by atoms with van der Waals surface area (Å²) in [5.74, 6) is 0.0540. The monoisotopic (exact) mass is 409 g/mol. The van der Waals surface area contributed by atoms with Crippen LogP contribution < -0.4 is 10.1 Å². The molecule has 0 aliphatic rings. The molecule has 4 rings (SSSR count). The SMILES string of the molecule is CCCCOc1ccc(-c2nonc2NC(=O)c2oc3ccc(F)cc3c2C)cc1. The van der Waals surface area contributed by atoms with E-state index in [4.69, 9.17) is 13.8 Å². The van der Waals surface area contributed by atoms with E-state index in [0.29, 0.717) is 34.4 Å². The third kappa shape index (κ3) is 3.89. The van der Waals surface area contributed by atoms with Crippen LogP contribution in [0.5, 0.6) is 5.75 Å². The second-order valence-corrected chi connectivity index (χ2v) is 6.84. The van der Waals surface area contributed by atoms with Gasteiger partial charge in [-0.1, -0.05) is 13.3 Å². The van der Waals surface area contributed by atoms with Crippen molar-refractivity contribution in [2.75, 3.05) is 11.9 Å². The lowest BCUT2D eigenvalue weighted by molar-refractivity contribution is 0.0997. The molecule has 1 N–H and O–H groups in total. The van der Waals surface area contributed by atoms with E-state index in [9.17, 15) is 9.18 Å². The van der Waals surface area contributed by atoms with Crippen LogP contribution in [0.1, 0.15) is 35.9 Å². The number of benzene rings is 2. The van der Waals surface area contributed by atoms with Gasteiger partial charge in [-0.25, -0.2) is 9.02 Å². The summed E-state index contributed by atoms with van der Waals surface area (Å²) in [5.41, 5.74) is 2.05. The first-order valence-corrected chi connectivity index (χ1v) is 9.62. The van der Waals surface area contributed by atoms with E-state index < -0.39 is 11.7 Å². The number of carbonyl (C=O) groups is 1. The predicted octanol–water partition coefficient (Wildman–Crippen LogP) is 5.36. The standard InChI is InChI=1S/C22H20FN3O4/c1-3-4-11-28-16-8-5-14(6-9-16)19-21(26-30-25-19)24-22(27)20-13(2)17-12-15(23)7-10-18(17)29-20/h5-10,12H,3-4,11H2,1-2H3,(H,24,26,27). The van der Waals surface area contributed by atoms with Gasteiger partial charge in [-0.15, -0.1) is 0 Å². The van der Waals surface area contributed by atoms with Crippen molar-refractivity contribution in [1.82, 2.24) is 10.3 Å². The van der Waals surface area contributed by atoms with E-state index in [0.717, 1.165) is 18.6 Å². The fourth-order valence-corrected chi connectivity index (χ4v) is 3.08. The number of unbranched alkanes of at least 4 members (excludes halogenated alkanes) is 1. The molecule has 0 aliphatic carbocycles. The second-order valence-electron chi connectivity index (χ2n) is 6.84. The maximum atomic E-state index is 13.5. The number of nitrogens with one attached hydrogen (secondary N) is 1. The Kier molecular flexibility index (Phi) is 5.47. The maximum Gasteiger partial charge on any atom is 0.292 e. The van der Waals surface area contributed by atoms with Crippen molar-refractivity contribution >= 4 is 22.7 Å². The quantitative estimate of drug-likeness (QED) is 0.413. The largest absolute Gasteiger partial charge is 0.494 e. The number of hydrogen-bond donors (Lipinski definition) is 1. The molecule has 0 aliphatic heterocycles. The fourth-order valence-electron chi connectivity index (χ4n) is 3.08. The molecule has 0 unspecified atom stereocenters. The van der Waals surface area contributed by atoms with Crippen LogP contribution in [0.2, 0.25) is 0 Å². The minimum Gasteiger partial charge on any atom is -0.494 e. The summed E-state index contributed by atoms with van der Waals surface area (Å²) in [4.78, 5) is 12.7. The first kappa shape index (κ1) is 19.6. The first-order chi connectivity index (χ1) is 14.6. The maximum absolute atomic E-state index is 13.5. The van der Waals surface area contributed by atoms with Crippen LogP contribution in [-0.2, 0) is 0 Å². The third-order valence-electron chi connectivity index (χ3n) is 4.72. The van der Waals surface area contributed by atoms with Gasteiger partial charge in [0, 0.05) is 16.5 Å². The highest BCUT2D eigenvalue weighted by atomic mass is 19.1. The average molecular weight is 409 g/mol. The molecule has 0 bridgehead atoms. The minimum absolute atomic E-state index is 0.0734. The van der Waals surface area contributed by atoms with Crippen LogP contribution >= 0.6 is 0 Å². The minimum atomic E-state index is -0.527. The third-order valence-corrected chi connectivity index (χ3v) is 4.72. The Morgan fingerprint density at radius 3 is 2.73 bits per heavy atom. The molecule has 154 valence electrons. The molecule has 2 aromatic carbocycles. The summed E-state index contributed by atoms with van der Waals surface area (Å²) in [6, 6.07) is 11.4. The van der Waals surface area contributed by atoms with Crippen molar-refractivity contribution in [2.45, 2.75) is 26.7 Å². The molecule has 30 heavy (non-hydrogen) atoms. The highest BCUT2D eigenvalue weighted by Gasteiger charge is 2.22. The molecule has 0 saturated carbocycles. The molecule has 0 radical (unpaired) electrons. The lowest BCUT2D eigenvalue weighted by atomic mass is 10.1. The van der Waals surface area contributed by atoms with Gasteiger partial charge < -0.3 is 9.15 Å². The lowest BCUT2D eigenvalue weighted by Crippen LogP contribution is -2.13.